The molecule has 2 aliphatic rings. The minimum absolute atomic E-state index is 0.409. The molecule has 0 amide bonds. The van der Waals surface area contributed by atoms with Crippen molar-refractivity contribution >= 4 is 0 Å². The van der Waals surface area contributed by atoms with Crippen molar-refractivity contribution in [2.75, 3.05) is 0 Å². The first kappa shape index (κ1) is 8.55. The van der Waals surface area contributed by atoms with Crippen LogP contribution in [-0.4, -0.2) is 10.7 Å². The Morgan fingerprint density at radius 3 is 2.17 bits per heavy atom. The zero-order chi connectivity index (χ0) is 8.77. The summed E-state index contributed by atoms with van der Waals surface area (Å²) < 4.78 is 0. The summed E-state index contributed by atoms with van der Waals surface area (Å²) in [6, 6.07) is 0. The van der Waals surface area contributed by atoms with E-state index in [1.165, 1.54) is 32.1 Å². The molecule has 0 heterocycles. The molecule has 1 nitrogen and oxygen atoms in total. The van der Waals surface area contributed by atoms with E-state index in [1.54, 1.807) is 0 Å². The molecule has 0 radical (unpaired) electrons. The molecule has 1 N–H and O–H groups in total. The van der Waals surface area contributed by atoms with Gasteiger partial charge in [0.05, 0.1) is 5.60 Å². The average molecular weight is 168 g/mol. The fourth-order valence-corrected chi connectivity index (χ4v) is 2.93. The molecule has 12 heavy (non-hydrogen) atoms. The lowest BCUT2D eigenvalue weighted by molar-refractivity contribution is 0.0473. The van der Waals surface area contributed by atoms with E-state index in [1.807, 2.05) is 13.8 Å². The van der Waals surface area contributed by atoms with Gasteiger partial charge in [-0.1, -0.05) is 25.7 Å². The molecule has 0 spiro atoms. The highest BCUT2D eigenvalue weighted by Gasteiger charge is 2.50. The van der Waals surface area contributed by atoms with Gasteiger partial charge in [-0.25, -0.2) is 0 Å². The fourth-order valence-electron chi connectivity index (χ4n) is 2.93. The standard InChI is InChI=1S/C11H20O/c1-11(2,12)10-7-9(10)8-5-3-4-6-8/h8-10,12H,3-7H2,1-2H3. The van der Waals surface area contributed by atoms with Gasteiger partial charge in [0, 0.05) is 0 Å². The summed E-state index contributed by atoms with van der Waals surface area (Å²) in [5.74, 6) is 2.44. The average Bonchev–Trinajstić information content (AvgIpc) is 2.60. The van der Waals surface area contributed by atoms with Gasteiger partial charge in [-0.05, 0) is 38.0 Å². The highest BCUT2D eigenvalue weighted by molar-refractivity contribution is 5.00. The zero-order valence-electron chi connectivity index (χ0n) is 8.21. The second kappa shape index (κ2) is 2.73. The van der Waals surface area contributed by atoms with E-state index in [4.69, 9.17) is 0 Å². The van der Waals surface area contributed by atoms with Gasteiger partial charge in [0.2, 0.25) is 0 Å². The van der Waals surface area contributed by atoms with Gasteiger partial charge in [0.1, 0.15) is 0 Å². The summed E-state index contributed by atoms with van der Waals surface area (Å²) in [5.41, 5.74) is -0.409. The lowest BCUT2D eigenvalue weighted by atomic mass is 9.94. The Kier molecular flexibility index (Phi) is 1.95. The van der Waals surface area contributed by atoms with Gasteiger partial charge >= 0.3 is 0 Å². The maximum absolute atomic E-state index is 9.79. The largest absolute Gasteiger partial charge is 0.390 e. The van der Waals surface area contributed by atoms with Crippen LogP contribution >= 0.6 is 0 Å². The molecule has 1 heteroatoms. The van der Waals surface area contributed by atoms with E-state index in [9.17, 15) is 5.11 Å². The topological polar surface area (TPSA) is 20.2 Å². The summed E-state index contributed by atoms with van der Waals surface area (Å²) >= 11 is 0. The third-order valence-electron chi connectivity index (χ3n) is 3.75. The van der Waals surface area contributed by atoms with Crippen LogP contribution in [0, 0.1) is 17.8 Å². The van der Waals surface area contributed by atoms with Crippen molar-refractivity contribution in [3.05, 3.63) is 0 Å². The summed E-state index contributed by atoms with van der Waals surface area (Å²) in [6.07, 6.45) is 7.00. The molecule has 0 aromatic rings. The van der Waals surface area contributed by atoms with Gasteiger partial charge in [-0.15, -0.1) is 0 Å². The molecule has 70 valence electrons. The van der Waals surface area contributed by atoms with Crippen LogP contribution in [0.25, 0.3) is 0 Å². The van der Waals surface area contributed by atoms with Gasteiger partial charge in [0.15, 0.2) is 0 Å². The van der Waals surface area contributed by atoms with Gasteiger partial charge in [-0.2, -0.15) is 0 Å². The molecule has 2 unspecified atom stereocenters. The highest BCUT2D eigenvalue weighted by atomic mass is 16.3. The van der Waals surface area contributed by atoms with E-state index in [2.05, 4.69) is 0 Å². The Morgan fingerprint density at radius 2 is 1.75 bits per heavy atom. The minimum atomic E-state index is -0.409. The first-order valence-electron chi connectivity index (χ1n) is 5.31. The van der Waals surface area contributed by atoms with Crippen LogP contribution < -0.4 is 0 Å². The lowest BCUT2D eigenvalue weighted by Gasteiger charge is -2.18. The number of aliphatic hydroxyl groups is 1. The van der Waals surface area contributed by atoms with Crippen LogP contribution in [0.3, 0.4) is 0 Å². The second-order valence-corrected chi connectivity index (χ2v) is 5.20. The van der Waals surface area contributed by atoms with Crippen LogP contribution in [0.4, 0.5) is 0 Å². The summed E-state index contributed by atoms with van der Waals surface area (Å²) in [4.78, 5) is 0. The Morgan fingerprint density at radius 1 is 1.17 bits per heavy atom. The quantitative estimate of drug-likeness (QED) is 0.672. The normalized spacial score (nSPS) is 37.2. The Bertz CT molecular complexity index is 162. The first-order valence-corrected chi connectivity index (χ1v) is 5.31. The third-order valence-corrected chi connectivity index (χ3v) is 3.75. The maximum atomic E-state index is 9.79. The Balaban J connectivity index is 1.87. The first-order chi connectivity index (χ1) is 5.59. The van der Waals surface area contributed by atoms with Crippen LogP contribution in [0.5, 0.6) is 0 Å². The summed E-state index contributed by atoms with van der Waals surface area (Å²) in [6.45, 7) is 3.93. The van der Waals surface area contributed by atoms with Crippen LogP contribution in [-0.2, 0) is 0 Å². The van der Waals surface area contributed by atoms with Gasteiger partial charge < -0.3 is 5.11 Å². The van der Waals surface area contributed by atoms with Crippen LogP contribution in [0.15, 0.2) is 0 Å². The molecule has 2 aliphatic carbocycles. The van der Waals surface area contributed by atoms with E-state index >= 15 is 0 Å². The second-order valence-electron chi connectivity index (χ2n) is 5.20. The van der Waals surface area contributed by atoms with E-state index in [0.29, 0.717) is 5.92 Å². The van der Waals surface area contributed by atoms with E-state index in [0.717, 1.165) is 11.8 Å². The van der Waals surface area contributed by atoms with Crippen molar-refractivity contribution in [2.24, 2.45) is 17.8 Å². The number of hydrogen-bond acceptors (Lipinski definition) is 1. The van der Waals surface area contributed by atoms with Crippen molar-refractivity contribution in [3.8, 4) is 0 Å². The van der Waals surface area contributed by atoms with Crippen molar-refractivity contribution in [2.45, 2.75) is 51.6 Å². The molecule has 0 aromatic carbocycles. The monoisotopic (exact) mass is 168 g/mol. The van der Waals surface area contributed by atoms with Gasteiger partial charge in [0.25, 0.3) is 0 Å². The van der Waals surface area contributed by atoms with Crippen molar-refractivity contribution in [3.63, 3.8) is 0 Å². The predicted molar refractivity (Wildman–Crippen MR) is 49.9 cm³/mol. The molecule has 0 bridgehead atoms. The third kappa shape index (κ3) is 1.52. The van der Waals surface area contributed by atoms with Crippen LogP contribution in [0.1, 0.15) is 46.0 Å². The molecule has 0 aliphatic heterocycles. The molecule has 2 rings (SSSR count). The molecular formula is C11H20O. The van der Waals surface area contributed by atoms with Crippen molar-refractivity contribution in [1.29, 1.82) is 0 Å². The molecular weight excluding hydrogens is 148 g/mol. The summed E-state index contributed by atoms with van der Waals surface area (Å²) in [5, 5.41) is 9.79. The zero-order valence-corrected chi connectivity index (χ0v) is 8.21. The Hall–Kier alpha value is -0.0400. The molecule has 2 saturated carbocycles. The van der Waals surface area contributed by atoms with Crippen molar-refractivity contribution in [1.82, 2.24) is 0 Å². The SMILES string of the molecule is CC(C)(O)C1CC1C1CCCC1. The molecule has 2 atom stereocenters. The number of hydrogen-bond donors (Lipinski definition) is 1. The number of rotatable bonds is 2. The van der Waals surface area contributed by atoms with Crippen molar-refractivity contribution < 1.29 is 5.11 Å². The van der Waals surface area contributed by atoms with Gasteiger partial charge in [-0.3, -0.25) is 0 Å². The fraction of sp³-hybridized carbons (Fsp3) is 1.00. The van der Waals surface area contributed by atoms with E-state index < -0.39 is 5.60 Å². The van der Waals surface area contributed by atoms with Crippen LogP contribution in [0.2, 0.25) is 0 Å². The lowest BCUT2D eigenvalue weighted by Crippen LogP contribution is -2.23. The smallest absolute Gasteiger partial charge is 0.0622 e. The molecule has 2 fully saturated rings. The molecule has 0 saturated heterocycles. The molecule has 0 aromatic heterocycles. The van der Waals surface area contributed by atoms with E-state index in [-0.39, 0.29) is 0 Å². The summed E-state index contributed by atoms with van der Waals surface area (Å²) in [7, 11) is 0. The minimum Gasteiger partial charge on any atom is -0.390 e. The highest BCUT2D eigenvalue weighted by Crippen LogP contribution is 2.54. The Labute approximate surface area is 75.2 Å². The maximum Gasteiger partial charge on any atom is 0.0622 e. The predicted octanol–water partition coefficient (Wildman–Crippen LogP) is 2.58.